The number of rotatable bonds is 7. The lowest BCUT2D eigenvalue weighted by atomic mass is 10.0. The van der Waals surface area contributed by atoms with E-state index in [4.69, 9.17) is 9.47 Å². The van der Waals surface area contributed by atoms with Crippen molar-refractivity contribution >= 4 is 11.9 Å². The molecular weight excluding hydrogens is 272 g/mol. The SMILES string of the molecule is COC[C@]1(C)NC(=O)N(CCCOc2ccccc2)C1=O. The van der Waals surface area contributed by atoms with E-state index in [1.54, 1.807) is 6.92 Å². The van der Waals surface area contributed by atoms with Gasteiger partial charge in [-0.25, -0.2) is 4.79 Å². The Hall–Kier alpha value is -2.08. The minimum Gasteiger partial charge on any atom is -0.494 e. The Kier molecular flexibility index (Phi) is 4.80. The lowest BCUT2D eigenvalue weighted by Crippen LogP contribution is -2.48. The Balaban J connectivity index is 1.81. The third-order valence-corrected chi connectivity index (χ3v) is 3.32. The molecule has 1 aromatic rings. The number of amides is 3. The second-order valence-electron chi connectivity index (χ2n) is 5.17. The molecular formula is C15H20N2O4. The predicted octanol–water partition coefficient (Wildman–Crippen LogP) is 1.41. The van der Waals surface area contributed by atoms with E-state index >= 15 is 0 Å². The summed E-state index contributed by atoms with van der Waals surface area (Å²) in [5, 5.41) is 2.66. The summed E-state index contributed by atoms with van der Waals surface area (Å²) in [5.41, 5.74) is -0.966. The van der Waals surface area contributed by atoms with Gasteiger partial charge < -0.3 is 14.8 Å². The third-order valence-electron chi connectivity index (χ3n) is 3.32. The summed E-state index contributed by atoms with van der Waals surface area (Å²) in [6, 6.07) is 9.05. The largest absolute Gasteiger partial charge is 0.494 e. The number of ether oxygens (including phenoxy) is 2. The first-order chi connectivity index (χ1) is 10.1. The van der Waals surface area contributed by atoms with E-state index in [1.807, 2.05) is 30.3 Å². The van der Waals surface area contributed by atoms with Crippen LogP contribution in [0.4, 0.5) is 4.79 Å². The summed E-state index contributed by atoms with van der Waals surface area (Å²) < 4.78 is 10.5. The zero-order valence-corrected chi connectivity index (χ0v) is 12.3. The van der Waals surface area contributed by atoms with E-state index in [2.05, 4.69) is 5.32 Å². The summed E-state index contributed by atoms with van der Waals surface area (Å²) in [6.07, 6.45) is 0.580. The molecule has 0 bridgehead atoms. The van der Waals surface area contributed by atoms with Crippen LogP contribution in [0.15, 0.2) is 30.3 Å². The van der Waals surface area contributed by atoms with Gasteiger partial charge in [-0.3, -0.25) is 9.69 Å². The van der Waals surface area contributed by atoms with Crippen LogP contribution in [0.5, 0.6) is 5.75 Å². The lowest BCUT2D eigenvalue weighted by molar-refractivity contribution is -0.132. The van der Waals surface area contributed by atoms with Gasteiger partial charge in [0, 0.05) is 13.7 Å². The molecule has 0 saturated carbocycles. The van der Waals surface area contributed by atoms with E-state index < -0.39 is 5.54 Å². The normalized spacial score (nSPS) is 21.5. The van der Waals surface area contributed by atoms with Crippen molar-refractivity contribution in [3.8, 4) is 5.75 Å². The minimum absolute atomic E-state index is 0.161. The Morgan fingerprint density at radius 2 is 1.95 bits per heavy atom. The van der Waals surface area contributed by atoms with Crippen LogP contribution in [0.2, 0.25) is 0 Å². The molecule has 0 radical (unpaired) electrons. The number of carbonyl (C=O) groups excluding carboxylic acids is 2. The van der Waals surface area contributed by atoms with Crippen LogP contribution in [-0.2, 0) is 9.53 Å². The van der Waals surface area contributed by atoms with E-state index in [0.717, 1.165) is 5.75 Å². The van der Waals surface area contributed by atoms with Gasteiger partial charge in [0.05, 0.1) is 13.2 Å². The molecule has 114 valence electrons. The fraction of sp³-hybridized carbons (Fsp3) is 0.467. The van der Waals surface area contributed by atoms with Gasteiger partial charge in [0.1, 0.15) is 11.3 Å². The highest BCUT2D eigenvalue weighted by Crippen LogP contribution is 2.18. The molecule has 2 rings (SSSR count). The maximum Gasteiger partial charge on any atom is 0.325 e. The van der Waals surface area contributed by atoms with Crippen LogP contribution < -0.4 is 10.1 Å². The molecule has 6 nitrogen and oxygen atoms in total. The van der Waals surface area contributed by atoms with Crippen LogP contribution in [0, 0.1) is 0 Å². The number of urea groups is 1. The van der Waals surface area contributed by atoms with Crippen LogP contribution in [0.1, 0.15) is 13.3 Å². The number of methoxy groups -OCH3 is 1. The smallest absolute Gasteiger partial charge is 0.325 e. The molecule has 0 unspecified atom stereocenters. The summed E-state index contributed by atoms with van der Waals surface area (Å²) in [4.78, 5) is 25.3. The molecule has 0 aromatic heterocycles. The summed E-state index contributed by atoms with van der Waals surface area (Å²) in [5.74, 6) is 0.521. The van der Waals surface area contributed by atoms with Crippen LogP contribution >= 0.6 is 0 Å². The number of nitrogens with zero attached hydrogens (tertiary/aromatic N) is 1. The van der Waals surface area contributed by atoms with Gasteiger partial charge in [0.25, 0.3) is 5.91 Å². The molecule has 1 heterocycles. The van der Waals surface area contributed by atoms with Gasteiger partial charge in [-0.1, -0.05) is 18.2 Å². The van der Waals surface area contributed by atoms with E-state index in [-0.39, 0.29) is 18.5 Å². The average Bonchev–Trinajstić information content (AvgIpc) is 2.67. The first-order valence-electron chi connectivity index (χ1n) is 6.88. The van der Waals surface area contributed by atoms with Crippen molar-refractivity contribution in [3.63, 3.8) is 0 Å². The van der Waals surface area contributed by atoms with E-state index in [0.29, 0.717) is 19.6 Å². The molecule has 21 heavy (non-hydrogen) atoms. The van der Waals surface area contributed by atoms with Crippen molar-refractivity contribution in [1.29, 1.82) is 0 Å². The van der Waals surface area contributed by atoms with Gasteiger partial charge in [-0.2, -0.15) is 0 Å². The number of carbonyl (C=O) groups is 2. The van der Waals surface area contributed by atoms with Gasteiger partial charge in [-0.05, 0) is 25.5 Å². The molecule has 1 aliphatic heterocycles. The number of benzene rings is 1. The topological polar surface area (TPSA) is 67.9 Å². The number of hydrogen-bond acceptors (Lipinski definition) is 4. The molecule has 1 atom stereocenters. The predicted molar refractivity (Wildman–Crippen MR) is 77.1 cm³/mol. The highest BCUT2D eigenvalue weighted by atomic mass is 16.5. The van der Waals surface area contributed by atoms with Crippen LogP contribution in [0.25, 0.3) is 0 Å². The quantitative estimate of drug-likeness (QED) is 0.609. The van der Waals surface area contributed by atoms with Gasteiger partial charge in [-0.15, -0.1) is 0 Å². The zero-order valence-electron chi connectivity index (χ0n) is 12.3. The Labute approximate surface area is 124 Å². The average molecular weight is 292 g/mol. The fourth-order valence-electron chi connectivity index (χ4n) is 2.27. The monoisotopic (exact) mass is 292 g/mol. The van der Waals surface area contributed by atoms with Crippen LogP contribution in [-0.4, -0.2) is 49.2 Å². The Morgan fingerprint density at radius 3 is 2.62 bits per heavy atom. The first-order valence-corrected chi connectivity index (χ1v) is 6.88. The van der Waals surface area contributed by atoms with Crippen molar-refractivity contribution in [2.45, 2.75) is 18.9 Å². The molecule has 0 spiro atoms. The highest BCUT2D eigenvalue weighted by molar-refractivity contribution is 6.06. The van der Waals surface area contributed by atoms with E-state index in [1.165, 1.54) is 12.0 Å². The first kappa shape index (κ1) is 15.3. The maximum atomic E-state index is 12.2. The molecule has 1 fully saturated rings. The number of hydrogen-bond donors (Lipinski definition) is 1. The number of para-hydroxylation sites is 1. The molecule has 0 aliphatic carbocycles. The Morgan fingerprint density at radius 1 is 1.24 bits per heavy atom. The van der Waals surface area contributed by atoms with Crippen molar-refractivity contribution in [2.24, 2.45) is 0 Å². The second-order valence-corrected chi connectivity index (χ2v) is 5.17. The van der Waals surface area contributed by atoms with Crippen molar-refractivity contribution in [3.05, 3.63) is 30.3 Å². The summed E-state index contributed by atoms with van der Waals surface area (Å²) in [7, 11) is 1.50. The second kappa shape index (κ2) is 6.58. The van der Waals surface area contributed by atoms with Crippen molar-refractivity contribution in [2.75, 3.05) is 26.9 Å². The Bertz CT molecular complexity index is 506. The fourth-order valence-corrected chi connectivity index (χ4v) is 2.27. The van der Waals surface area contributed by atoms with Gasteiger partial charge in [0.2, 0.25) is 0 Å². The molecule has 3 amide bonds. The van der Waals surface area contributed by atoms with Crippen molar-refractivity contribution in [1.82, 2.24) is 10.2 Å². The van der Waals surface area contributed by atoms with Crippen LogP contribution in [0.3, 0.4) is 0 Å². The van der Waals surface area contributed by atoms with Gasteiger partial charge in [0.15, 0.2) is 0 Å². The number of nitrogens with one attached hydrogen (secondary N) is 1. The third kappa shape index (κ3) is 3.52. The summed E-state index contributed by atoms with van der Waals surface area (Å²) in [6.45, 7) is 2.60. The zero-order chi connectivity index (χ0) is 15.3. The minimum atomic E-state index is -0.966. The summed E-state index contributed by atoms with van der Waals surface area (Å²) >= 11 is 0. The lowest BCUT2D eigenvalue weighted by Gasteiger charge is -2.20. The highest BCUT2D eigenvalue weighted by Gasteiger charge is 2.47. The maximum absolute atomic E-state index is 12.2. The molecule has 1 aromatic carbocycles. The van der Waals surface area contributed by atoms with Gasteiger partial charge >= 0.3 is 6.03 Å². The van der Waals surface area contributed by atoms with E-state index in [9.17, 15) is 9.59 Å². The molecule has 1 saturated heterocycles. The molecule has 1 aliphatic rings. The molecule has 1 N–H and O–H groups in total. The molecule has 6 heteroatoms. The standard InChI is InChI=1S/C15H20N2O4/c1-15(11-20-2)13(18)17(14(19)16-15)9-6-10-21-12-7-4-3-5-8-12/h3-5,7-8H,6,9-11H2,1-2H3,(H,16,19)/t15-/m0/s1. The van der Waals surface area contributed by atoms with Crippen molar-refractivity contribution < 1.29 is 19.1 Å². The number of imide groups is 1.